The monoisotopic (exact) mass is 238 g/mol. The van der Waals surface area contributed by atoms with E-state index in [2.05, 4.69) is 27.7 Å². The number of hydrogen-bond acceptors (Lipinski definition) is 2. The number of cyclic esters (lactones) is 1. The molecule has 1 aliphatic heterocycles. The fourth-order valence-electron chi connectivity index (χ4n) is 3.81. The summed E-state index contributed by atoms with van der Waals surface area (Å²) in [6, 6.07) is 0. The zero-order valence-electron chi connectivity index (χ0n) is 11.7. The molecule has 0 aromatic heterocycles. The summed E-state index contributed by atoms with van der Waals surface area (Å²) in [6.45, 7) is 8.98. The maximum Gasteiger partial charge on any atom is 0.312 e. The van der Waals surface area contributed by atoms with Crippen molar-refractivity contribution in [3.8, 4) is 0 Å². The van der Waals surface area contributed by atoms with E-state index in [1.165, 1.54) is 12.8 Å². The number of esters is 1. The number of ether oxygens (including phenoxy) is 1. The van der Waals surface area contributed by atoms with Gasteiger partial charge in [-0.3, -0.25) is 4.79 Å². The molecule has 1 unspecified atom stereocenters. The second-order valence-electron chi connectivity index (χ2n) is 7.17. The summed E-state index contributed by atoms with van der Waals surface area (Å²) >= 11 is 0. The van der Waals surface area contributed by atoms with Gasteiger partial charge in [-0.1, -0.05) is 40.5 Å². The normalized spacial score (nSPS) is 28.1. The van der Waals surface area contributed by atoms with E-state index in [1.54, 1.807) is 0 Å². The van der Waals surface area contributed by atoms with Gasteiger partial charge in [0.1, 0.15) is 6.10 Å². The lowest BCUT2D eigenvalue weighted by Crippen LogP contribution is -2.31. The molecule has 17 heavy (non-hydrogen) atoms. The molecule has 98 valence electrons. The molecular weight excluding hydrogens is 212 g/mol. The van der Waals surface area contributed by atoms with E-state index in [-0.39, 0.29) is 22.9 Å². The molecular formula is C15H26O2. The van der Waals surface area contributed by atoms with Gasteiger partial charge >= 0.3 is 5.97 Å². The van der Waals surface area contributed by atoms with Crippen molar-refractivity contribution in [2.45, 2.75) is 72.3 Å². The van der Waals surface area contributed by atoms with Crippen LogP contribution >= 0.6 is 0 Å². The van der Waals surface area contributed by atoms with Crippen LogP contribution in [0.3, 0.4) is 0 Å². The van der Waals surface area contributed by atoms with Gasteiger partial charge in [0.25, 0.3) is 0 Å². The number of rotatable bonds is 3. The second kappa shape index (κ2) is 4.29. The van der Waals surface area contributed by atoms with Gasteiger partial charge in [-0.05, 0) is 25.2 Å². The lowest BCUT2D eigenvalue weighted by Gasteiger charge is -2.32. The zero-order valence-corrected chi connectivity index (χ0v) is 11.7. The molecule has 2 nitrogen and oxygen atoms in total. The molecule has 1 atom stereocenters. The van der Waals surface area contributed by atoms with Crippen LogP contribution in [0.4, 0.5) is 0 Å². The minimum atomic E-state index is -0.0983. The van der Waals surface area contributed by atoms with Gasteiger partial charge in [0.05, 0.1) is 5.41 Å². The van der Waals surface area contributed by atoms with Crippen molar-refractivity contribution >= 4 is 5.97 Å². The van der Waals surface area contributed by atoms with Crippen LogP contribution in [0.15, 0.2) is 0 Å². The Balaban J connectivity index is 2.08. The van der Waals surface area contributed by atoms with Gasteiger partial charge in [0.2, 0.25) is 0 Å². The van der Waals surface area contributed by atoms with Crippen molar-refractivity contribution in [3.05, 3.63) is 0 Å². The summed E-state index contributed by atoms with van der Waals surface area (Å²) in [4.78, 5) is 12.1. The van der Waals surface area contributed by atoms with Gasteiger partial charge in [-0.25, -0.2) is 0 Å². The minimum absolute atomic E-state index is 0.0943. The molecule has 2 heteroatoms. The van der Waals surface area contributed by atoms with E-state index in [1.807, 2.05) is 0 Å². The van der Waals surface area contributed by atoms with Crippen LogP contribution in [-0.4, -0.2) is 12.1 Å². The topological polar surface area (TPSA) is 26.3 Å². The van der Waals surface area contributed by atoms with Crippen molar-refractivity contribution < 1.29 is 9.53 Å². The Morgan fingerprint density at radius 1 is 1.35 bits per heavy atom. The highest BCUT2D eigenvalue weighted by atomic mass is 16.6. The highest BCUT2D eigenvalue weighted by Crippen LogP contribution is 2.51. The lowest BCUT2D eigenvalue weighted by molar-refractivity contribution is -0.152. The third kappa shape index (κ3) is 2.36. The summed E-state index contributed by atoms with van der Waals surface area (Å²) in [5.74, 6) is 0.751. The van der Waals surface area contributed by atoms with Crippen LogP contribution in [0, 0.1) is 16.7 Å². The molecule has 0 radical (unpaired) electrons. The molecule has 0 bridgehead atoms. The highest BCUT2D eigenvalue weighted by molar-refractivity contribution is 5.79. The highest BCUT2D eigenvalue weighted by Gasteiger charge is 2.53. The Labute approximate surface area is 105 Å². The quantitative estimate of drug-likeness (QED) is 0.696. The van der Waals surface area contributed by atoms with E-state index in [0.717, 1.165) is 25.7 Å². The predicted molar refractivity (Wildman–Crippen MR) is 68.6 cm³/mol. The fraction of sp³-hybridized carbons (Fsp3) is 0.933. The Morgan fingerprint density at radius 2 is 1.94 bits per heavy atom. The standard InChI is InChI=1S/C15H26O2/c1-11(2)9-14(3,4)12-10-15(13(16)17-12)7-5-6-8-15/h11-12H,5-10H2,1-4H3. The first-order valence-electron chi connectivity index (χ1n) is 7.07. The molecule has 1 aliphatic carbocycles. The Bertz CT molecular complexity index is 298. The molecule has 1 spiro atoms. The van der Waals surface area contributed by atoms with Crippen molar-refractivity contribution in [2.75, 3.05) is 0 Å². The van der Waals surface area contributed by atoms with Gasteiger partial charge in [0.15, 0.2) is 0 Å². The van der Waals surface area contributed by atoms with Gasteiger partial charge in [-0.2, -0.15) is 0 Å². The second-order valence-corrected chi connectivity index (χ2v) is 7.17. The number of hydrogen-bond donors (Lipinski definition) is 0. The summed E-state index contributed by atoms with van der Waals surface area (Å²) in [5.41, 5.74) is 0.0227. The Kier molecular flexibility index (Phi) is 3.26. The summed E-state index contributed by atoms with van der Waals surface area (Å²) in [6.07, 6.45) is 6.74. The van der Waals surface area contributed by atoms with E-state index in [4.69, 9.17) is 4.74 Å². The molecule has 1 heterocycles. The van der Waals surface area contributed by atoms with Crippen LogP contribution in [-0.2, 0) is 9.53 Å². The molecule has 0 N–H and O–H groups in total. The van der Waals surface area contributed by atoms with Crippen molar-refractivity contribution in [1.82, 2.24) is 0 Å². The van der Waals surface area contributed by atoms with Crippen molar-refractivity contribution in [3.63, 3.8) is 0 Å². The summed E-state index contributed by atoms with van der Waals surface area (Å²) < 4.78 is 5.73. The van der Waals surface area contributed by atoms with Crippen molar-refractivity contribution in [2.24, 2.45) is 16.7 Å². The number of carbonyl (C=O) groups excluding carboxylic acids is 1. The largest absolute Gasteiger partial charge is 0.461 e. The van der Waals surface area contributed by atoms with E-state index in [9.17, 15) is 4.79 Å². The smallest absolute Gasteiger partial charge is 0.312 e. The van der Waals surface area contributed by atoms with Crippen LogP contribution in [0.25, 0.3) is 0 Å². The number of carbonyl (C=O) groups is 1. The summed E-state index contributed by atoms with van der Waals surface area (Å²) in [7, 11) is 0. The Hall–Kier alpha value is -0.530. The first-order chi connectivity index (χ1) is 7.86. The Morgan fingerprint density at radius 3 is 2.47 bits per heavy atom. The first-order valence-corrected chi connectivity index (χ1v) is 7.07. The van der Waals surface area contributed by atoms with Crippen LogP contribution in [0.1, 0.15) is 66.2 Å². The first kappa shape index (κ1) is 12.9. The van der Waals surface area contributed by atoms with Gasteiger partial charge in [-0.15, -0.1) is 0 Å². The van der Waals surface area contributed by atoms with E-state index >= 15 is 0 Å². The third-order valence-electron chi connectivity index (χ3n) is 4.63. The van der Waals surface area contributed by atoms with Gasteiger partial charge < -0.3 is 4.74 Å². The molecule has 2 rings (SSSR count). The van der Waals surface area contributed by atoms with E-state index < -0.39 is 0 Å². The summed E-state index contributed by atoms with van der Waals surface area (Å²) in [5, 5.41) is 0. The molecule has 0 amide bonds. The predicted octanol–water partition coefficient (Wildman–Crippen LogP) is 3.93. The van der Waals surface area contributed by atoms with Crippen LogP contribution in [0.2, 0.25) is 0 Å². The third-order valence-corrected chi connectivity index (χ3v) is 4.63. The maximum absolute atomic E-state index is 12.1. The minimum Gasteiger partial charge on any atom is -0.461 e. The molecule has 1 saturated heterocycles. The molecule has 0 aromatic rings. The lowest BCUT2D eigenvalue weighted by atomic mass is 9.73. The average molecular weight is 238 g/mol. The molecule has 0 aromatic carbocycles. The molecule has 2 aliphatic rings. The maximum atomic E-state index is 12.1. The zero-order chi connectivity index (χ0) is 12.7. The average Bonchev–Trinajstić information content (AvgIpc) is 2.75. The van der Waals surface area contributed by atoms with E-state index in [0.29, 0.717) is 5.92 Å². The molecule has 1 saturated carbocycles. The molecule has 2 fully saturated rings. The fourth-order valence-corrected chi connectivity index (χ4v) is 3.81. The van der Waals surface area contributed by atoms with Crippen molar-refractivity contribution in [1.29, 1.82) is 0 Å². The van der Waals surface area contributed by atoms with Crippen LogP contribution < -0.4 is 0 Å². The SMILES string of the molecule is CC(C)CC(C)(C)C1CC2(CCCC2)C(=O)O1. The van der Waals surface area contributed by atoms with Crippen LogP contribution in [0.5, 0.6) is 0 Å². The van der Waals surface area contributed by atoms with Gasteiger partial charge in [0, 0.05) is 11.8 Å².